The van der Waals surface area contributed by atoms with Gasteiger partial charge in [-0.15, -0.1) is 0 Å². The van der Waals surface area contributed by atoms with Gasteiger partial charge in [-0.05, 0) is 62.7 Å². The highest BCUT2D eigenvalue weighted by Gasteiger charge is 2.46. The number of aromatic nitrogens is 2. The number of rotatable bonds is 10. The Morgan fingerprint density at radius 3 is 2.78 bits per heavy atom. The van der Waals surface area contributed by atoms with E-state index >= 15 is 0 Å². The van der Waals surface area contributed by atoms with E-state index in [1.807, 2.05) is 18.2 Å². The molecule has 2 aliphatic heterocycles. The second kappa shape index (κ2) is 12.3. The predicted molar refractivity (Wildman–Crippen MR) is 177 cm³/mol. The molecule has 3 heterocycles. The maximum atomic E-state index is 14.6. The van der Waals surface area contributed by atoms with Gasteiger partial charge in [-0.25, -0.2) is 4.39 Å². The van der Waals surface area contributed by atoms with Crippen LogP contribution in [-0.2, 0) is 17.8 Å². The molecule has 1 atom stereocenters. The van der Waals surface area contributed by atoms with Gasteiger partial charge in [0.2, 0.25) is 5.91 Å². The quantitative estimate of drug-likeness (QED) is 0.273. The van der Waals surface area contributed by atoms with E-state index in [1.165, 1.54) is 25.0 Å². The first-order valence-corrected chi connectivity index (χ1v) is 16.6. The maximum absolute atomic E-state index is 14.6. The van der Waals surface area contributed by atoms with E-state index in [1.54, 1.807) is 11.0 Å². The van der Waals surface area contributed by atoms with Crippen LogP contribution >= 0.6 is 11.6 Å². The average Bonchev–Trinajstić information content (AvgIpc) is 4.01. The summed E-state index contributed by atoms with van der Waals surface area (Å²) in [4.78, 5) is 31.1. The van der Waals surface area contributed by atoms with Crippen LogP contribution in [0, 0.1) is 22.6 Å². The molecule has 4 aliphatic rings. The number of carbonyl (C=O) groups excluding carboxylic acids is 1. The maximum Gasteiger partial charge on any atom is 0.318 e. The number of carbonyl (C=O) groups is 1. The molecule has 1 amide bonds. The van der Waals surface area contributed by atoms with Gasteiger partial charge in [0, 0.05) is 60.8 Å². The molecule has 2 aliphatic carbocycles. The van der Waals surface area contributed by atoms with Crippen LogP contribution in [0.5, 0.6) is 6.01 Å². The lowest BCUT2D eigenvalue weighted by molar-refractivity contribution is -0.128. The van der Waals surface area contributed by atoms with E-state index in [0.29, 0.717) is 63.2 Å². The molecule has 0 bridgehead atoms. The summed E-state index contributed by atoms with van der Waals surface area (Å²) in [6.45, 7) is 7.90. The molecule has 2 aromatic carbocycles. The number of nitriles is 1. The van der Waals surface area contributed by atoms with Crippen molar-refractivity contribution in [3.05, 3.63) is 65.1 Å². The van der Waals surface area contributed by atoms with Crippen molar-refractivity contribution in [2.45, 2.75) is 57.2 Å². The molecule has 11 heteroatoms. The Kier molecular flexibility index (Phi) is 8.24. The molecule has 0 radical (unpaired) electrons. The third-order valence-electron chi connectivity index (χ3n) is 10.1. The normalized spacial score (nSPS) is 20.4. The summed E-state index contributed by atoms with van der Waals surface area (Å²) >= 11 is 6.52. The Bertz CT molecular complexity index is 1720. The van der Waals surface area contributed by atoms with Crippen molar-refractivity contribution in [1.29, 1.82) is 5.26 Å². The van der Waals surface area contributed by atoms with Gasteiger partial charge in [0.05, 0.1) is 42.4 Å². The number of hydrogen-bond donors (Lipinski definition) is 0. The van der Waals surface area contributed by atoms with Crippen LogP contribution in [-0.4, -0.2) is 84.1 Å². The number of anilines is 2. The second-order valence-electron chi connectivity index (χ2n) is 13.3. The summed E-state index contributed by atoms with van der Waals surface area (Å²) < 4.78 is 21.0. The van der Waals surface area contributed by atoms with Gasteiger partial charge in [0.15, 0.2) is 0 Å². The van der Waals surface area contributed by atoms with Crippen LogP contribution in [0.1, 0.15) is 43.4 Å². The van der Waals surface area contributed by atoms with E-state index in [2.05, 4.69) is 34.4 Å². The van der Waals surface area contributed by atoms with Gasteiger partial charge >= 0.3 is 6.01 Å². The number of hydrogen-bond acceptors (Lipinski definition) is 8. The minimum absolute atomic E-state index is 0.118. The number of ether oxygens (including phenoxy) is 1. The van der Waals surface area contributed by atoms with E-state index in [0.717, 1.165) is 47.5 Å². The van der Waals surface area contributed by atoms with Crippen molar-refractivity contribution < 1.29 is 13.9 Å². The lowest BCUT2D eigenvalue weighted by atomic mass is 10.0. The Balaban J connectivity index is 1.21. The van der Waals surface area contributed by atoms with Crippen molar-refractivity contribution in [2.75, 3.05) is 56.2 Å². The van der Waals surface area contributed by atoms with Gasteiger partial charge in [0.25, 0.3) is 0 Å². The fourth-order valence-corrected chi connectivity index (χ4v) is 7.39. The van der Waals surface area contributed by atoms with Crippen molar-refractivity contribution in [2.24, 2.45) is 5.41 Å². The SMILES string of the molecule is C=CC(=O)N1CCN(c2nc(OCC3(CN(C)C4CC4)CC3)nc3c2CCN(c2cccc4ccc(F)c(Cl)c24)C3)CC1CC#N. The standard InChI is InChI=1S/C35H39ClFN7O2/c1-3-30(45)44-18-17-43(19-25(44)11-15-38)33-26-12-16-42(29-6-4-5-23-7-10-27(37)32(36)31(23)29)20-28(26)39-34(40-33)46-22-35(13-14-35)21-41(2)24-8-9-24/h3-7,10,24-25H,1,8-9,11-14,16-22H2,2H3. The monoisotopic (exact) mass is 643 g/mol. The topological polar surface area (TPSA) is 88.8 Å². The largest absolute Gasteiger partial charge is 0.463 e. The highest BCUT2D eigenvalue weighted by atomic mass is 35.5. The third-order valence-corrected chi connectivity index (χ3v) is 10.4. The summed E-state index contributed by atoms with van der Waals surface area (Å²) in [5, 5.41) is 11.3. The van der Waals surface area contributed by atoms with Crippen LogP contribution in [0.2, 0.25) is 5.02 Å². The van der Waals surface area contributed by atoms with Crippen LogP contribution in [0.4, 0.5) is 15.9 Å². The van der Waals surface area contributed by atoms with E-state index < -0.39 is 5.82 Å². The molecule has 240 valence electrons. The zero-order chi connectivity index (χ0) is 32.0. The molecule has 2 saturated carbocycles. The van der Waals surface area contributed by atoms with Crippen molar-refractivity contribution in [1.82, 2.24) is 19.8 Å². The fourth-order valence-electron chi connectivity index (χ4n) is 7.13. The Labute approximate surface area is 274 Å². The molecule has 1 unspecified atom stereocenters. The Hall–Kier alpha value is -3.94. The summed E-state index contributed by atoms with van der Waals surface area (Å²) in [5.74, 6) is 0.192. The minimum atomic E-state index is -0.443. The molecule has 0 spiro atoms. The highest BCUT2D eigenvalue weighted by molar-refractivity contribution is 6.36. The van der Waals surface area contributed by atoms with Gasteiger partial charge in [-0.2, -0.15) is 15.2 Å². The zero-order valence-corrected chi connectivity index (χ0v) is 27.0. The number of halogens is 2. The van der Waals surface area contributed by atoms with Gasteiger partial charge in [0.1, 0.15) is 11.6 Å². The van der Waals surface area contributed by atoms with E-state index in [9.17, 15) is 14.4 Å². The number of piperazine rings is 1. The smallest absolute Gasteiger partial charge is 0.318 e. The lowest BCUT2D eigenvalue weighted by Crippen LogP contribution is -2.55. The van der Waals surface area contributed by atoms with Crippen molar-refractivity contribution in [3.63, 3.8) is 0 Å². The minimum Gasteiger partial charge on any atom is -0.463 e. The molecule has 3 aromatic rings. The number of fused-ring (bicyclic) bond motifs is 2. The molecule has 1 saturated heterocycles. The fraction of sp³-hybridized carbons (Fsp3) is 0.486. The molecule has 3 fully saturated rings. The highest BCUT2D eigenvalue weighted by Crippen LogP contribution is 2.48. The van der Waals surface area contributed by atoms with Crippen molar-refractivity contribution in [3.8, 4) is 12.1 Å². The summed E-state index contributed by atoms with van der Waals surface area (Å²) in [5.41, 5.74) is 2.88. The van der Waals surface area contributed by atoms with Crippen LogP contribution in [0.25, 0.3) is 10.8 Å². The summed E-state index contributed by atoms with van der Waals surface area (Å²) in [6.07, 6.45) is 7.00. The van der Waals surface area contributed by atoms with Gasteiger partial charge in [-0.3, -0.25) is 4.79 Å². The van der Waals surface area contributed by atoms with Crippen molar-refractivity contribution >= 4 is 39.8 Å². The molecule has 46 heavy (non-hydrogen) atoms. The molecule has 1 aromatic heterocycles. The Morgan fingerprint density at radius 1 is 1.22 bits per heavy atom. The number of benzene rings is 2. The summed E-state index contributed by atoms with van der Waals surface area (Å²) in [7, 11) is 2.21. The first kappa shape index (κ1) is 30.7. The van der Waals surface area contributed by atoms with Crippen LogP contribution < -0.4 is 14.5 Å². The molecular weight excluding hydrogens is 605 g/mol. The predicted octanol–water partition coefficient (Wildman–Crippen LogP) is 5.36. The zero-order valence-electron chi connectivity index (χ0n) is 26.2. The number of amides is 1. The number of nitrogens with zero attached hydrogens (tertiary/aromatic N) is 7. The summed E-state index contributed by atoms with van der Waals surface area (Å²) in [6, 6.07) is 12.1. The third kappa shape index (κ3) is 5.98. The molecular formula is C35H39ClFN7O2. The van der Waals surface area contributed by atoms with Gasteiger partial charge < -0.3 is 24.3 Å². The van der Waals surface area contributed by atoms with Gasteiger partial charge in [-0.1, -0.05) is 36.4 Å². The van der Waals surface area contributed by atoms with E-state index in [4.69, 9.17) is 26.3 Å². The van der Waals surface area contributed by atoms with Crippen LogP contribution in [0.15, 0.2) is 43.0 Å². The molecule has 7 rings (SSSR count). The first-order chi connectivity index (χ1) is 22.3. The second-order valence-corrected chi connectivity index (χ2v) is 13.7. The first-order valence-electron chi connectivity index (χ1n) is 16.2. The molecule has 0 N–H and O–H groups in total. The Morgan fingerprint density at radius 2 is 2.04 bits per heavy atom. The lowest BCUT2D eigenvalue weighted by Gasteiger charge is -2.42. The molecule has 9 nitrogen and oxygen atoms in total. The van der Waals surface area contributed by atoms with Crippen LogP contribution in [0.3, 0.4) is 0 Å². The van der Waals surface area contributed by atoms with E-state index in [-0.39, 0.29) is 28.8 Å². The average molecular weight is 644 g/mol.